The molecule has 4 aromatic carbocycles. The number of fused-ring (bicyclic) bond motifs is 2. The third kappa shape index (κ3) is 11.6. The molecule has 2 saturated heterocycles. The van der Waals surface area contributed by atoms with Crippen LogP contribution in [0.1, 0.15) is 80.1 Å². The molecule has 25 heteroatoms. The number of nitrogens with zero attached hydrogens (tertiary/aromatic N) is 8. The maximum Gasteiger partial charge on any atom is 0.475 e. The van der Waals surface area contributed by atoms with Gasteiger partial charge in [0.25, 0.3) is 0 Å². The number of rotatable bonds is 21. The number of unbranched alkanes of at least 4 members (excludes halogenated alkanes) is 2. The Hall–Kier alpha value is -8.51. The zero-order valence-electron chi connectivity index (χ0n) is 41.6. The molecule has 9 atom stereocenters. The Bertz CT molecular complexity index is 3430. The molecule has 6 heterocycles. The van der Waals surface area contributed by atoms with Crippen LogP contribution in [0.3, 0.4) is 0 Å². The second kappa shape index (κ2) is 23.8. The first-order valence-corrected chi connectivity index (χ1v) is 26.2. The van der Waals surface area contributed by atoms with Crippen molar-refractivity contribution < 1.29 is 65.7 Å². The Labute approximate surface area is 444 Å². The minimum atomic E-state index is -5.02. The number of phosphoric ester groups is 1. The first-order valence-electron chi connectivity index (χ1n) is 24.7. The predicted molar refractivity (Wildman–Crippen MR) is 275 cm³/mol. The van der Waals surface area contributed by atoms with Gasteiger partial charge in [-0.05, 0) is 55.0 Å². The summed E-state index contributed by atoms with van der Waals surface area (Å²) in [5.41, 5.74) is 13.7. The molecule has 24 nitrogen and oxygen atoms in total. The average Bonchev–Trinajstić information content (AvgIpc) is 4.34. The highest BCUT2D eigenvalue weighted by Crippen LogP contribution is 2.55. The number of hydrogen-bond acceptors (Lipinski definition) is 22. The summed E-state index contributed by atoms with van der Waals surface area (Å²) < 4.78 is 75.3. The van der Waals surface area contributed by atoms with E-state index in [0.717, 1.165) is 6.42 Å². The molecule has 0 amide bonds. The van der Waals surface area contributed by atoms with Crippen molar-refractivity contribution >= 4 is 65.7 Å². The zero-order chi connectivity index (χ0) is 54.2. The molecule has 4 N–H and O–H groups in total. The number of ether oxygens (including phenoxy) is 6. The fraction of sp³-hybridized carbons (Fsp3) is 0.283. The largest absolute Gasteiger partial charge is 0.475 e. The average molecular weight is 1080 g/mol. The Morgan fingerprint density at radius 1 is 0.526 bits per heavy atom. The number of benzene rings is 4. The number of imidazole rings is 2. The van der Waals surface area contributed by atoms with E-state index >= 15 is 4.57 Å². The van der Waals surface area contributed by atoms with Gasteiger partial charge in [-0.2, -0.15) is 0 Å². The zero-order valence-corrected chi connectivity index (χ0v) is 42.5. The fourth-order valence-corrected chi connectivity index (χ4v) is 10.3. The van der Waals surface area contributed by atoms with Gasteiger partial charge < -0.3 is 39.9 Å². The highest BCUT2D eigenvalue weighted by molar-refractivity contribution is 7.48. The highest BCUT2D eigenvalue weighted by Gasteiger charge is 2.56. The Morgan fingerprint density at radius 3 is 1.41 bits per heavy atom. The van der Waals surface area contributed by atoms with Gasteiger partial charge in [0.1, 0.15) is 48.6 Å². The van der Waals surface area contributed by atoms with Crippen molar-refractivity contribution in [3.63, 3.8) is 0 Å². The third-order valence-electron chi connectivity index (χ3n) is 12.7. The molecular weight excluding hydrogens is 1030 g/mol. The van der Waals surface area contributed by atoms with Crippen molar-refractivity contribution in [1.29, 1.82) is 0 Å². The van der Waals surface area contributed by atoms with Gasteiger partial charge in [0.2, 0.25) is 0 Å². The fourth-order valence-electron chi connectivity index (χ4n) is 8.82. The van der Waals surface area contributed by atoms with Crippen molar-refractivity contribution in [3.05, 3.63) is 169 Å². The second-order valence-corrected chi connectivity index (χ2v) is 19.4. The van der Waals surface area contributed by atoms with Gasteiger partial charge in [-0.15, -0.1) is 0 Å². The van der Waals surface area contributed by atoms with Crippen LogP contribution in [0, 0.1) is 0 Å². The lowest BCUT2D eigenvalue weighted by Crippen LogP contribution is -2.41. The van der Waals surface area contributed by atoms with E-state index in [0.29, 0.717) is 12.8 Å². The highest BCUT2D eigenvalue weighted by atomic mass is 31.2. The molecule has 0 aliphatic carbocycles. The molecule has 2 aliphatic heterocycles. The summed E-state index contributed by atoms with van der Waals surface area (Å²) >= 11 is 0. The van der Waals surface area contributed by atoms with E-state index in [1.54, 1.807) is 97.1 Å². The SMILES string of the molecule is CCCCCOP(=O)(OC[C@H]1O[C@@H](n2cnc3c(N)ncnc32)[C@H](OC(=O)c2ccccc2)[C@@H]1OC(=O)c1ccccc1)O[C@H]1[C@@H](OC(=O)c2ccccc2)[C@H](n2cnc3c(N)ncnc32)O[C@@H]1COC(=O)c1ccccc1. The second-order valence-electron chi connectivity index (χ2n) is 17.8. The van der Waals surface area contributed by atoms with Crippen LogP contribution in [0.4, 0.5) is 11.6 Å². The van der Waals surface area contributed by atoms with Gasteiger partial charge in [-0.3, -0.25) is 22.7 Å². The van der Waals surface area contributed by atoms with Gasteiger partial charge in [0, 0.05) is 0 Å². The molecule has 1 unspecified atom stereocenters. The molecular formula is C53H51N10O14P. The van der Waals surface area contributed by atoms with Crippen LogP contribution in [-0.2, 0) is 46.6 Å². The Kier molecular flexibility index (Phi) is 16.1. The molecule has 78 heavy (non-hydrogen) atoms. The number of nitrogen functional groups attached to an aromatic ring is 2. The number of nitrogens with two attached hydrogens (primary N) is 2. The predicted octanol–water partition coefficient (Wildman–Crippen LogP) is 6.88. The number of esters is 4. The van der Waals surface area contributed by atoms with E-state index in [-0.39, 0.29) is 62.8 Å². The van der Waals surface area contributed by atoms with Crippen LogP contribution in [0.2, 0.25) is 0 Å². The first kappa shape index (κ1) is 52.9. The summed E-state index contributed by atoms with van der Waals surface area (Å²) in [4.78, 5) is 81.5. The molecule has 0 saturated carbocycles. The van der Waals surface area contributed by atoms with Crippen LogP contribution in [-0.4, -0.2) is 119 Å². The summed E-state index contributed by atoms with van der Waals surface area (Å²) in [5.74, 6) is -3.15. The van der Waals surface area contributed by atoms with E-state index in [1.807, 2.05) is 6.92 Å². The lowest BCUT2D eigenvalue weighted by Gasteiger charge is -2.29. The summed E-state index contributed by atoms with van der Waals surface area (Å²) in [6.45, 7) is 0.495. The molecule has 2 aliphatic rings. The number of anilines is 2. The lowest BCUT2D eigenvalue weighted by atomic mass is 10.1. The van der Waals surface area contributed by atoms with E-state index in [2.05, 4.69) is 29.9 Å². The standard InChI is InChI=1S/C53H51N10O14P/c1-2-3-16-25-70-78(68,71-27-37-40(74-51(65)33-19-10-5-11-20-33)42(75-52(66)34-21-12-6-13-22-34)48(73-37)62-30-60-38-44(54)56-28-58-46(38)62)77-41-36(26-69-50(64)32-17-8-4-9-18-32)72-49(43(41)76-53(67)35-23-14-7-15-24-35)63-31-61-39-45(55)57-29-59-47(39)63/h4-15,17-24,28-31,36-37,40-43,48-49H,2-3,16,25-27H2,1H3,(H2,54,56,58)(H2,55,57,59)/t36-,37-,40-,41-,42-,43-,48-,49-,78?/m1/s1. The normalized spacial score (nSPS) is 21.7. The monoisotopic (exact) mass is 1080 g/mol. The van der Waals surface area contributed by atoms with Gasteiger partial charge in [0.05, 0.1) is 48.1 Å². The molecule has 0 radical (unpaired) electrons. The minimum Gasteiger partial charge on any atom is -0.459 e. The van der Waals surface area contributed by atoms with Crippen molar-refractivity contribution in [3.8, 4) is 0 Å². The molecule has 8 aromatic rings. The summed E-state index contributed by atoms with van der Waals surface area (Å²) in [6.07, 6.45) is -4.85. The number of carbonyl (C=O) groups excluding carboxylic acids is 4. The maximum atomic E-state index is 15.7. The van der Waals surface area contributed by atoms with Gasteiger partial charge in [0.15, 0.2) is 53.7 Å². The lowest BCUT2D eigenvalue weighted by molar-refractivity contribution is -0.0651. The quantitative estimate of drug-likeness (QED) is 0.0321. The summed E-state index contributed by atoms with van der Waals surface area (Å²) in [7, 11) is -5.02. The third-order valence-corrected chi connectivity index (χ3v) is 14.2. The van der Waals surface area contributed by atoms with E-state index in [9.17, 15) is 19.2 Å². The molecule has 0 spiro atoms. The van der Waals surface area contributed by atoms with Crippen LogP contribution in [0.15, 0.2) is 147 Å². The van der Waals surface area contributed by atoms with Crippen LogP contribution >= 0.6 is 7.82 Å². The Morgan fingerprint density at radius 2 is 0.949 bits per heavy atom. The molecule has 4 aromatic heterocycles. The smallest absolute Gasteiger partial charge is 0.459 e. The van der Waals surface area contributed by atoms with Crippen molar-refractivity contribution in [2.45, 2.75) is 75.3 Å². The summed E-state index contributed by atoms with van der Waals surface area (Å²) in [5, 5.41) is 0. The number of phosphoric acid groups is 1. The number of carbonyl (C=O) groups is 4. The van der Waals surface area contributed by atoms with E-state index < -0.39 is 94.0 Å². The van der Waals surface area contributed by atoms with Crippen LogP contribution in [0.25, 0.3) is 22.3 Å². The molecule has 0 bridgehead atoms. The Balaban J connectivity index is 1.03. The first-order chi connectivity index (χ1) is 38.0. The van der Waals surface area contributed by atoms with Gasteiger partial charge in [-0.25, -0.2) is 53.6 Å². The van der Waals surface area contributed by atoms with Crippen LogP contribution < -0.4 is 11.5 Å². The van der Waals surface area contributed by atoms with Crippen molar-refractivity contribution in [1.82, 2.24) is 39.0 Å². The van der Waals surface area contributed by atoms with E-state index in [1.165, 1.54) is 58.7 Å². The van der Waals surface area contributed by atoms with Crippen molar-refractivity contribution in [2.24, 2.45) is 0 Å². The summed E-state index contributed by atoms with van der Waals surface area (Å²) in [6, 6.07) is 32.4. The van der Waals surface area contributed by atoms with Crippen molar-refractivity contribution in [2.75, 3.05) is 31.3 Å². The number of aromatic nitrogens is 8. The van der Waals surface area contributed by atoms with Crippen LogP contribution in [0.5, 0.6) is 0 Å². The number of hydrogen-bond donors (Lipinski definition) is 2. The molecule has 2 fully saturated rings. The molecule has 402 valence electrons. The molecule has 10 rings (SSSR count). The maximum absolute atomic E-state index is 15.7. The minimum absolute atomic E-state index is 0.0360. The van der Waals surface area contributed by atoms with Gasteiger partial charge >= 0.3 is 31.7 Å². The van der Waals surface area contributed by atoms with E-state index in [4.69, 9.17) is 53.5 Å². The topological polar surface area (TPSA) is 308 Å². The van der Waals surface area contributed by atoms with Gasteiger partial charge in [-0.1, -0.05) is 92.6 Å².